The van der Waals surface area contributed by atoms with Gasteiger partial charge in [0.15, 0.2) is 0 Å². The van der Waals surface area contributed by atoms with E-state index in [1.54, 1.807) is 0 Å². The quantitative estimate of drug-likeness (QED) is 0.104. The minimum Gasteiger partial charge on any atom is -0.328 e. The summed E-state index contributed by atoms with van der Waals surface area (Å²) in [5.41, 5.74) is 0. The van der Waals surface area contributed by atoms with Crippen LogP contribution in [-0.4, -0.2) is 63.3 Å². The lowest BCUT2D eigenvalue weighted by Crippen LogP contribution is -2.42. The van der Waals surface area contributed by atoms with Crippen molar-refractivity contribution >= 4 is 0 Å². The third-order valence-corrected chi connectivity index (χ3v) is 7.26. The van der Waals surface area contributed by atoms with Gasteiger partial charge in [-0.3, -0.25) is 0 Å². The minimum atomic E-state index is 1.23. The molecule has 0 aromatic rings. The zero-order valence-corrected chi connectivity index (χ0v) is 23.2. The van der Waals surface area contributed by atoms with Crippen LogP contribution in [0.5, 0.6) is 0 Å². The first-order valence-electron chi connectivity index (χ1n) is 14.5. The van der Waals surface area contributed by atoms with Gasteiger partial charge in [0.2, 0.25) is 0 Å². The van der Waals surface area contributed by atoms with Crippen molar-refractivity contribution in [3.8, 4) is 0 Å². The van der Waals surface area contributed by atoms with Crippen molar-refractivity contribution in [2.75, 3.05) is 54.4 Å². The Morgan fingerprint density at radius 3 is 0.742 bits per heavy atom. The van der Waals surface area contributed by atoms with Gasteiger partial charge in [-0.25, -0.2) is 0 Å². The molecule has 0 atom stereocenters. The molecule has 0 aromatic heterocycles. The molecular weight excluding hydrogens is 376 g/mol. The van der Waals surface area contributed by atoms with E-state index in [1.807, 2.05) is 0 Å². The smallest absolute Gasteiger partial charge is 0.0782 e. The predicted octanol–water partition coefficient (Wildman–Crippen LogP) is 8.59. The highest BCUT2D eigenvalue weighted by molar-refractivity contribution is 4.49. The summed E-state index contributed by atoms with van der Waals surface area (Å²) in [6.45, 7) is 10.1. The molecular formula is C29H64N2+2. The van der Waals surface area contributed by atoms with E-state index in [2.05, 4.69) is 42.0 Å². The molecule has 0 N–H and O–H groups in total. The van der Waals surface area contributed by atoms with Gasteiger partial charge in [0, 0.05) is 0 Å². The molecule has 0 unspecified atom stereocenters. The highest BCUT2D eigenvalue weighted by Gasteiger charge is 2.16. The van der Waals surface area contributed by atoms with E-state index in [1.165, 1.54) is 157 Å². The molecule has 0 aliphatic heterocycles. The van der Waals surface area contributed by atoms with E-state index >= 15 is 0 Å². The zero-order chi connectivity index (χ0) is 23.3. The summed E-state index contributed by atoms with van der Waals surface area (Å²) in [5.74, 6) is 0. The van der Waals surface area contributed by atoms with Crippen molar-refractivity contribution in [3.05, 3.63) is 0 Å². The largest absolute Gasteiger partial charge is 0.328 e. The maximum absolute atomic E-state index is 2.45. The van der Waals surface area contributed by atoms with Crippen molar-refractivity contribution in [2.24, 2.45) is 0 Å². The predicted molar refractivity (Wildman–Crippen MR) is 143 cm³/mol. The van der Waals surface area contributed by atoms with Crippen LogP contribution in [0.1, 0.15) is 136 Å². The van der Waals surface area contributed by atoms with E-state index in [4.69, 9.17) is 0 Å². The average molecular weight is 441 g/mol. The Labute approximate surface area is 199 Å². The summed E-state index contributed by atoms with van der Waals surface area (Å²) in [6, 6.07) is 0. The summed E-state index contributed by atoms with van der Waals surface area (Å²) in [4.78, 5) is 0. The molecule has 0 radical (unpaired) electrons. The summed E-state index contributed by atoms with van der Waals surface area (Å²) in [7, 11) is 9.79. The van der Waals surface area contributed by atoms with Crippen LogP contribution in [0.15, 0.2) is 0 Å². The van der Waals surface area contributed by atoms with E-state index in [0.717, 1.165) is 0 Å². The van der Waals surface area contributed by atoms with Crippen molar-refractivity contribution in [3.63, 3.8) is 0 Å². The van der Waals surface area contributed by atoms with Gasteiger partial charge in [-0.2, -0.15) is 0 Å². The number of nitrogens with zero attached hydrogens (tertiary/aromatic N) is 2. The molecule has 0 rings (SSSR count). The Morgan fingerprint density at radius 2 is 0.484 bits per heavy atom. The minimum absolute atomic E-state index is 1.23. The fourth-order valence-electron chi connectivity index (χ4n) is 4.83. The van der Waals surface area contributed by atoms with E-state index in [0.29, 0.717) is 0 Å². The van der Waals surface area contributed by atoms with Crippen LogP contribution in [0.2, 0.25) is 0 Å². The van der Waals surface area contributed by atoms with Crippen LogP contribution >= 0.6 is 0 Å². The number of hydrogen-bond donors (Lipinski definition) is 0. The third-order valence-electron chi connectivity index (χ3n) is 7.26. The van der Waals surface area contributed by atoms with Crippen LogP contribution < -0.4 is 0 Å². The molecule has 0 bridgehead atoms. The topological polar surface area (TPSA) is 0 Å². The van der Waals surface area contributed by atoms with Crippen LogP contribution in [0.4, 0.5) is 0 Å². The number of hydrogen-bond acceptors (Lipinski definition) is 0. The second-order valence-electron chi connectivity index (χ2n) is 11.8. The Hall–Kier alpha value is -0.0800. The summed E-state index contributed by atoms with van der Waals surface area (Å²) in [6.07, 6.45) is 27.2. The molecule has 0 amide bonds. The second kappa shape index (κ2) is 20.5. The Kier molecular flexibility index (Phi) is 20.5. The summed E-state index contributed by atoms with van der Waals surface area (Å²) >= 11 is 0. The first kappa shape index (κ1) is 30.9. The molecule has 0 aromatic carbocycles. The molecule has 2 heteroatoms. The first-order valence-corrected chi connectivity index (χ1v) is 14.5. The molecule has 0 aliphatic rings. The van der Waals surface area contributed by atoms with Gasteiger partial charge in [-0.1, -0.05) is 90.9 Å². The fourth-order valence-corrected chi connectivity index (χ4v) is 4.83. The molecule has 188 valence electrons. The Balaban J connectivity index is 3.59. The van der Waals surface area contributed by atoms with E-state index in [9.17, 15) is 0 Å². The lowest BCUT2D eigenvalue weighted by Gasteiger charge is -2.31. The monoisotopic (exact) mass is 441 g/mol. The number of rotatable bonds is 24. The molecule has 0 aliphatic carbocycles. The third kappa shape index (κ3) is 22.9. The van der Waals surface area contributed by atoms with Gasteiger partial charge >= 0.3 is 0 Å². The normalized spacial score (nSPS) is 12.6. The average Bonchev–Trinajstić information content (AvgIpc) is 2.71. The second-order valence-corrected chi connectivity index (χ2v) is 11.8. The highest BCUT2D eigenvalue weighted by Crippen LogP contribution is 2.13. The van der Waals surface area contributed by atoms with Crippen LogP contribution in [0.25, 0.3) is 0 Å². The van der Waals surface area contributed by atoms with Crippen LogP contribution in [0.3, 0.4) is 0 Å². The fraction of sp³-hybridized carbons (Fsp3) is 1.00. The van der Waals surface area contributed by atoms with Gasteiger partial charge in [0.25, 0.3) is 0 Å². The summed E-state index contributed by atoms with van der Waals surface area (Å²) < 4.78 is 2.46. The van der Waals surface area contributed by atoms with Gasteiger partial charge in [0.05, 0.1) is 54.4 Å². The van der Waals surface area contributed by atoms with Crippen LogP contribution in [0, 0.1) is 0 Å². The molecule has 0 heterocycles. The van der Waals surface area contributed by atoms with Gasteiger partial charge in [-0.05, 0) is 44.9 Å². The molecule has 2 nitrogen and oxygen atoms in total. The lowest BCUT2D eigenvalue weighted by atomic mass is 10.1. The Bertz CT molecular complexity index is 328. The summed E-state index contributed by atoms with van der Waals surface area (Å²) in [5, 5.41) is 0. The number of quaternary nitrogens is 2. The lowest BCUT2D eigenvalue weighted by molar-refractivity contribution is -0.892. The van der Waals surface area contributed by atoms with Crippen LogP contribution in [-0.2, 0) is 0 Å². The molecule has 0 saturated heterocycles. The van der Waals surface area contributed by atoms with E-state index < -0.39 is 0 Å². The van der Waals surface area contributed by atoms with Crippen molar-refractivity contribution < 1.29 is 8.97 Å². The first-order chi connectivity index (χ1) is 14.8. The maximum atomic E-state index is 2.45. The van der Waals surface area contributed by atoms with Gasteiger partial charge in [-0.15, -0.1) is 0 Å². The molecule has 0 fully saturated rings. The van der Waals surface area contributed by atoms with Crippen molar-refractivity contribution in [1.82, 2.24) is 0 Å². The number of unbranched alkanes of at least 4 members (excludes halogenated alkanes) is 16. The van der Waals surface area contributed by atoms with Gasteiger partial charge in [0.1, 0.15) is 0 Å². The van der Waals surface area contributed by atoms with Crippen molar-refractivity contribution in [2.45, 2.75) is 136 Å². The van der Waals surface area contributed by atoms with Gasteiger partial charge < -0.3 is 8.97 Å². The molecule has 0 saturated carbocycles. The standard InChI is InChI=1S/C29H64N2/c1-7-9-11-13-15-17-19-22-26-30(3,4)28-24-21-25-29-31(5,6)27-23-20-18-16-14-12-10-8-2/h7-29H2,1-6H3/q+2. The van der Waals surface area contributed by atoms with E-state index in [-0.39, 0.29) is 0 Å². The molecule has 0 spiro atoms. The van der Waals surface area contributed by atoms with Crippen molar-refractivity contribution in [1.29, 1.82) is 0 Å². The zero-order valence-electron chi connectivity index (χ0n) is 23.2. The highest BCUT2D eigenvalue weighted by atomic mass is 15.3. The maximum Gasteiger partial charge on any atom is 0.0782 e. The Morgan fingerprint density at radius 1 is 0.290 bits per heavy atom. The SMILES string of the molecule is CCCCCCCCCC[N+](C)(C)CCCCC[N+](C)(C)CCCCCCCCCC. The molecule has 31 heavy (non-hydrogen) atoms.